The average Bonchev–Trinajstić information content (AvgIpc) is 3.49. The van der Waals surface area contributed by atoms with E-state index in [1.807, 2.05) is 0 Å². The number of alkyl halides is 2. The second-order valence-corrected chi connectivity index (χ2v) is 8.06. The van der Waals surface area contributed by atoms with Gasteiger partial charge in [-0.2, -0.15) is 0 Å². The third-order valence-corrected chi connectivity index (χ3v) is 5.93. The van der Waals surface area contributed by atoms with Crippen molar-refractivity contribution in [2.45, 2.75) is 31.6 Å². The maximum Gasteiger partial charge on any atom is 0.341 e. The second kappa shape index (κ2) is 8.41. The molecule has 1 unspecified atom stereocenters. The van der Waals surface area contributed by atoms with E-state index >= 15 is 4.39 Å². The first-order valence-electron chi connectivity index (χ1n) is 10.2. The zero-order chi connectivity index (χ0) is 22.3. The van der Waals surface area contributed by atoms with Gasteiger partial charge in [-0.05, 0) is 18.9 Å². The van der Waals surface area contributed by atoms with Crippen LogP contribution >= 0.6 is 0 Å². The summed E-state index contributed by atoms with van der Waals surface area (Å²) < 4.78 is 49.7. The first kappa shape index (κ1) is 21.5. The van der Waals surface area contributed by atoms with Crippen molar-refractivity contribution in [2.75, 3.05) is 38.3 Å². The molecule has 7 nitrogen and oxygen atoms in total. The highest BCUT2D eigenvalue weighted by atomic mass is 19.1. The SMILES string of the molecule is COc1c(N2CC(CNC3CC3)[C@H](F)C2)c(F)cc2c(=O)c(C(=O)O)cn(CCF)c12. The van der Waals surface area contributed by atoms with E-state index in [0.717, 1.165) is 25.1 Å². The number of aryl methyl sites for hydroxylation is 1. The number of halogens is 3. The largest absolute Gasteiger partial charge is 0.492 e. The van der Waals surface area contributed by atoms with Crippen LogP contribution < -0.4 is 20.4 Å². The Morgan fingerprint density at radius 1 is 1.35 bits per heavy atom. The van der Waals surface area contributed by atoms with Gasteiger partial charge in [0.15, 0.2) is 11.6 Å². The van der Waals surface area contributed by atoms with E-state index in [1.54, 1.807) is 0 Å². The molecule has 2 atom stereocenters. The highest BCUT2D eigenvalue weighted by Gasteiger charge is 2.37. The summed E-state index contributed by atoms with van der Waals surface area (Å²) in [6, 6.07) is 1.35. The van der Waals surface area contributed by atoms with Gasteiger partial charge in [0.1, 0.15) is 24.1 Å². The molecule has 1 saturated carbocycles. The molecule has 0 amide bonds. The Morgan fingerprint density at radius 2 is 2.10 bits per heavy atom. The van der Waals surface area contributed by atoms with E-state index in [4.69, 9.17) is 4.74 Å². The van der Waals surface area contributed by atoms with Crippen molar-refractivity contribution in [1.82, 2.24) is 9.88 Å². The summed E-state index contributed by atoms with van der Waals surface area (Å²) in [7, 11) is 1.28. The highest BCUT2D eigenvalue weighted by Crippen LogP contribution is 2.40. The third-order valence-electron chi connectivity index (χ3n) is 5.93. The van der Waals surface area contributed by atoms with Gasteiger partial charge in [-0.25, -0.2) is 18.0 Å². The molecule has 2 heterocycles. The fraction of sp³-hybridized carbons (Fsp3) is 0.524. The number of anilines is 1. The van der Waals surface area contributed by atoms with E-state index in [2.05, 4.69) is 5.32 Å². The third kappa shape index (κ3) is 3.96. The minimum absolute atomic E-state index is 0.0124. The molecule has 1 aliphatic carbocycles. The van der Waals surface area contributed by atoms with Gasteiger partial charge in [-0.3, -0.25) is 4.79 Å². The van der Waals surface area contributed by atoms with Crippen molar-refractivity contribution in [3.8, 4) is 5.75 Å². The molecule has 1 aromatic carbocycles. The maximum absolute atomic E-state index is 15.2. The molecule has 1 saturated heterocycles. The Kier molecular flexibility index (Phi) is 5.83. The van der Waals surface area contributed by atoms with Crippen molar-refractivity contribution >= 4 is 22.6 Å². The number of ether oxygens (including phenoxy) is 1. The number of pyridine rings is 1. The van der Waals surface area contributed by atoms with Gasteiger partial charge in [-0.1, -0.05) is 0 Å². The van der Waals surface area contributed by atoms with Gasteiger partial charge < -0.3 is 24.6 Å². The molecule has 0 radical (unpaired) electrons. The molecular formula is C21H24F3N3O4. The van der Waals surface area contributed by atoms with E-state index in [-0.39, 0.29) is 47.9 Å². The monoisotopic (exact) mass is 439 g/mol. The topological polar surface area (TPSA) is 83.8 Å². The van der Waals surface area contributed by atoms with Crippen molar-refractivity contribution in [3.63, 3.8) is 0 Å². The van der Waals surface area contributed by atoms with Crippen molar-refractivity contribution in [2.24, 2.45) is 5.92 Å². The van der Waals surface area contributed by atoms with Crippen molar-refractivity contribution in [1.29, 1.82) is 0 Å². The van der Waals surface area contributed by atoms with Crippen LogP contribution in [0.15, 0.2) is 17.1 Å². The van der Waals surface area contributed by atoms with Crippen LogP contribution in [0.5, 0.6) is 5.75 Å². The normalized spacial score (nSPS) is 21.1. The molecule has 0 spiro atoms. The number of benzene rings is 1. The van der Waals surface area contributed by atoms with Crippen LogP contribution in [0.25, 0.3) is 10.9 Å². The number of carboxylic acid groups (broad SMARTS) is 1. The lowest BCUT2D eigenvalue weighted by Crippen LogP contribution is -2.30. The summed E-state index contributed by atoms with van der Waals surface area (Å²) in [5.74, 6) is -2.68. The minimum atomic E-state index is -1.49. The van der Waals surface area contributed by atoms with E-state index < -0.39 is 35.6 Å². The predicted molar refractivity (Wildman–Crippen MR) is 109 cm³/mol. The number of hydrogen-bond donors (Lipinski definition) is 2. The number of aromatic carboxylic acids is 1. The summed E-state index contributed by atoms with van der Waals surface area (Å²) in [6.45, 7) is -0.402. The van der Waals surface area contributed by atoms with Crippen LogP contribution in [0.2, 0.25) is 0 Å². The molecule has 31 heavy (non-hydrogen) atoms. The molecule has 2 N–H and O–H groups in total. The van der Waals surface area contributed by atoms with Gasteiger partial charge in [0.2, 0.25) is 5.43 Å². The molecule has 2 fully saturated rings. The molecule has 2 aromatic rings. The number of carbonyl (C=O) groups is 1. The number of carboxylic acids is 1. The second-order valence-electron chi connectivity index (χ2n) is 8.06. The smallest absolute Gasteiger partial charge is 0.341 e. The lowest BCUT2D eigenvalue weighted by atomic mass is 10.1. The van der Waals surface area contributed by atoms with Gasteiger partial charge in [0.25, 0.3) is 0 Å². The van der Waals surface area contributed by atoms with Crippen LogP contribution in [0.3, 0.4) is 0 Å². The maximum atomic E-state index is 15.2. The quantitative estimate of drug-likeness (QED) is 0.657. The van der Waals surface area contributed by atoms with Crippen LogP contribution in [0, 0.1) is 11.7 Å². The number of aromatic nitrogens is 1. The molecule has 168 valence electrons. The van der Waals surface area contributed by atoms with Crippen LogP contribution in [-0.4, -0.2) is 61.3 Å². The molecule has 2 aliphatic rings. The minimum Gasteiger partial charge on any atom is -0.492 e. The van der Waals surface area contributed by atoms with Gasteiger partial charge in [0, 0.05) is 37.8 Å². The Balaban J connectivity index is 1.81. The summed E-state index contributed by atoms with van der Waals surface area (Å²) in [4.78, 5) is 25.6. The number of methoxy groups -OCH3 is 1. The fourth-order valence-corrected chi connectivity index (χ4v) is 4.21. The van der Waals surface area contributed by atoms with E-state index in [0.29, 0.717) is 12.6 Å². The van der Waals surface area contributed by atoms with Crippen LogP contribution in [-0.2, 0) is 6.54 Å². The average molecular weight is 439 g/mol. The molecule has 1 aliphatic heterocycles. The van der Waals surface area contributed by atoms with Crippen molar-refractivity contribution < 1.29 is 27.8 Å². The summed E-state index contributed by atoms with van der Waals surface area (Å²) in [6.07, 6.45) is 2.00. The Labute approximate surface area is 176 Å². The van der Waals surface area contributed by atoms with E-state index in [9.17, 15) is 23.5 Å². The summed E-state index contributed by atoms with van der Waals surface area (Å²) in [5.41, 5.74) is -1.41. The van der Waals surface area contributed by atoms with E-state index in [1.165, 1.54) is 16.6 Å². The van der Waals surface area contributed by atoms with Gasteiger partial charge in [-0.15, -0.1) is 0 Å². The van der Waals surface area contributed by atoms with Crippen LogP contribution in [0.1, 0.15) is 23.2 Å². The van der Waals surface area contributed by atoms with Gasteiger partial charge >= 0.3 is 5.97 Å². The lowest BCUT2D eigenvalue weighted by Gasteiger charge is -2.24. The fourth-order valence-electron chi connectivity index (χ4n) is 4.21. The first-order valence-corrected chi connectivity index (χ1v) is 10.2. The summed E-state index contributed by atoms with van der Waals surface area (Å²) >= 11 is 0. The molecular weight excluding hydrogens is 415 g/mol. The Morgan fingerprint density at radius 3 is 2.71 bits per heavy atom. The molecule has 1 aromatic heterocycles. The predicted octanol–water partition coefficient (Wildman–Crippen LogP) is 2.34. The van der Waals surface area contributed by atoms with Gasteiger partial charge in [0.05, 0.1) is 24.6 Å². The number of hydrogen-bond acceptors (Lipinski definition) is 5. The Hall–Kier alpha value is -2.75. The zero-order valence-corrected chi connectivity index (χ0v) is 17.0. The Bertz CT molecular complexity index is 1070. The molecule has 0 bridgehead atoms. The summed E-state index contributed by atoms with van der Waals surface area (Å²) in [5, 5.41) is 12.4. The highest BCUT2D eigenvalue weighted by molar-refractivity contribution is 5.97. The number of fused-ring (bicyclic) bond motifs is 1. The van der Waals surface area contributed by atoms with Crippen molar-refractivity contribution in [3.05, 3.63) is 33.9 Å². The number of nitrogens with zero attached hydrogens (tertiary/aromatic N) is 2. The van der Waals surface area contributed by atoms with Crippen LogP contribution in [0.4, 0.5) is 18.9 Å². The first-order chi connectivity index (χ1) is 14.8. The zero-order valence-electron chi connectivity index (χ0n) is 17.0. The molecule has 10 heteroatoms. The number of rotatable bonds is 8. The number of nitrogens with one attached hydrogen (secondary N) is 1. The lowest BCUT2D eigenvalue weighted by molar-refractivity contribution is 0.0694. The standard InChI is InChI=1S/C21H24F3N3O4/c1-31-20-17-13(19(28)14(21(29)30)9-26(17)5-4-22)6-15(23)18(20)27-8-11(16(24)10-27)7-25-12-2-3-12/h6,9,11-12,16,25H,2-5,7-8,10H2,1H3,(H,29,30)/t11?,16-/m1/s1. The molecule has 4 rings (SSSR count).